The smallest absolute Gasteiger partial charge is 0.338 e. The molecule has 0 aliphatic heterocycles. The molecule has 0 aliphatic carbocycles. The molecule has 3 aromatic rings. The number of esters is 1. The van der Waals surface area contributed by atoms with Crippen LogP contribution in [0.2, 0.25) is 0 Å². The van der Waals surface area contributed by atoms with E-state index in [0.717, 1.165) is 11.5 Å². The average molecular weight is 352 g/mol. The Morgan fingerprint density at radius 1 is 1.12 bits per heavy atom. The minimum Gasteiger partial charge on any atom is -0.462 e. The van der Waals surface area contributed by atoms with Gasteiger partial charge in [-0.15, -0.1) is 10.2 Å². The second-order valence-corrected chi connectivity index (χ2v) is 5.74. The van der Waals surface area contributed by atoms with Crippen LogP contribution in [0.3, 0.4) is 0 Å². The number of ether oxygens (including phenoxy) is 1. The molecule has 134 valence electrons. The van der Waals surface area contributed by atoms with E-state index in [1.165, 1.54) is 0 Å². The van der Waals surface area contributed by atoms with Crippen molar-refractivity contribution in [3.63, 3.8) is 0 Å². The summed E-state index contributed by atoms with van der Waals surface area (Å²) in [7, 11) is 0. The molecule has 7 nitrogen and oxygen atoms in total. The van der Waals surface area contributed by atoms with Crippen LogP contribution in [0.25, 0.3) is 5.65 Å². The lowest BCUT2D eigenvalue weighted by Crippen LogP contribution is -2.12. The van der Waals surface area contributed by atoms with Crippen molar-refractivity contribution in [3.05, 3.63) is 60.0 Å². The molecule has 1 N–H and O–H groups in total. The number of fused-ring (bicyclic) bond motifs is 1. The van der Waals surface area contributed by atoms with E-state index in [1.807, 2.05) is 28.8 Å². The fraction of sp³-hybridized carbons (Fsp3) is 0.263. The fourth-order valence-corrected chi connectivity index (χ4v) is 2.60. The second-order valence-electron chi connectivity index (χ2n) is 5.74. The van der Waals surface area contributed by atoms with Crippen molar-refractivity contribution < 1.29 is 14.3 Å². The maximum absolute atomic E-state index is 12.1. The first kappa shape index (κ1) is 17.6. The number of aryl methyl sites for hydroxylation is 1. The third-order valence-corrected chi connectivity index (χ3v) is 3.87. The van der Waals surface area contributed by atoms with Crippen molar-refractivity contribution in [2.24, 2.45) is 0 Å². The summed E-state index contributed by atoms with van der Waals surface area (Å²) in [4.78, 5) is 23.7. The van der Waals surface area contributed by atoms with E-state index in [1.54, 1.807) is 31.2 Å². The van der Waals surface area contributed by atoms with E-state index in [9.17, 15) is 9.59 Å². The predicted octanol–water partition coefficient (Wildman–Crippen LogP) is 2.87. The van der Waals surface area contributed by atoms with E-state index >= 15 is 0 Å². The molecule has 0 aliphatic rings. The highest BCUT2D eigenvalue weighted by Crippen LogP contribution is 2.12. The molecule has 26 heavy (non-hydrogen) atoms. The summed E-state index contributed by atoms with van der Waals surface area (Å²) in [6, 6.07) is 12.4. The van der Waals surface area contributed by atoms with Gasteiger partial charge in [-0.25, -0.2) is 4.79 Å². The zero-order chi connectivity index (χ0) is 18.4. The maximum atomic E-state index is 12.1. The third-order valence-electron chi connectivity index (χ3n) is 3.87. The zero-order valence-corrected chi connectivity index (χ0v) is 14.5. The number of nitrogens with one attached hydrogen (secondary N) is 1. The van der Waals surface area contributed by atoms with Gasteiger partial charge in [0.25, 0.3) is 0 Å². The van der Waals surface area contributed by atoms with Gasteiger partial charge in [0.2, 0.25) is 5.91 Å². The molecule has 2 heterocycles. The fourth-order valence-electron chi connectivity index (χ4n) is 2.60. The molecule has 0 radical (unpaired) electrons. The van der Waals surface area contributed by atoms with Gasteiger partial charge in [-0.05, 0) is 49.7 Å². The second kappa shape index (κ2) is 8.24. The number of pyridine rings is 1. The number of carbonyl (C=O) groups excluding carboxylic acids is 2. The average Bonchev–Trinajstić information content (AvgIpc) is 3.06. The van der Waals surface area contributed by atoms with Crippen LogP contribution in [0.15, 0.2) is 48.7 Å². The van der Waals surface area contributed by atoms with Gasteiger partial charge < -0.3 is 10.1 Å². The van der Waals surface area contributed by atoms with Crippen molar-refractivity contribution in [2.45, 2.75) is 26.2 Å². The van der Waals surface area contributed by atoms with E-state index < -0.39 is 0 Å². The van der Waals surface area contributed by atoms with E-state index in [-0.39, 0.29) is 11.9 Å². The molecule has 0 spiro atoms. The molecule has 1 amide bonds. The number of hydrogen-bond donors (Lipinski definition) is 1. The lowest BCUT2D eigenvalue weighted by molar-refractivity contribution is -0.116. The summed E-state index contributed by atoms with van der Waals surface area (Å²) < 4.78 is 6.85. The Labute approximate surface area is 151 Å². The van der Waals surface area contributed by atoms with Crippen LogP contribution in [0, 0.1) is 0 Å². The molecule has 7 heteroatoms. The number of anilines is 1. The van der Waals surface area contributed by atoms with Crippen LogP contribution in [-0.2, 0) is 16.0 Å². The number of rotatable bonds is 7. The Hall–Kier alpha value is -3.22. The largest absolute Gasteiger partial charge is 0.462 e. The molecular formula is C19H20N4O3. The van der Waals surface area contributed by atoms with E-state index in [2.05, 4.69) is 15.5 Å². The molecule has 0 bridgehead atoms. The van der Waals surface area contributed by atoms with Gasteiger partial charge in [-0.1, -0.05) is 6.07 Å². The van der Waals surface area contributed by atoms with Crippen molar-refractivity contribution >= 4 is 23.2 Å². The Morgan fingerprint density at radius 2 is 1.92 bits per heavy atom. The first-order chi connectivity index (χ1) is 12.7. The quantitative estimate of drug-likeness (QED) is 0.661. The van der Waals surface area contributed by atoms with Gasteiger partial charge in [0, 0.05) is 24.7 Å². The van der Waals surface area contributed by atoms with Crippen LogP contribution in [0.5, 0.6) is 0 Å². The first-order valence-corrected chi connectivity index (χ1v) is 8.53. The molecule has 0 atom stereocenters. The standard InChI is InChI=1S/C19H20N4O3/c1-2-26-19(25)14-9-11-15(12-10-14)20-18(24)8-5-7-17-22-21-16-6-3-4-13-23(16)17/h3-4,6,9-13H,2,5,7-8H2,1H3,(H,20,24). The first-order valence-electron chi connectivity index (χ1n) is 8.53. The molecule has 3 rings (SSSR count). The van der Waals surface area contributed by atoms with Gasteiger partial charge >= 0.3 is 5.97 Å². The summed E-state index contributed by atoms with van der Waals surface area (Å²) in [5.74, 6) is 0.390. The molecule has 0 fully saturated rings. The van der Waals surface area contributed by atoms with Crippen molar-refractivity contribution in [1.82, 2.24) is 14.6 Å². The lowest BCUT2D eigenvalue weighted by atomic mass is 10.2. The monoisotopic (exact) mass is 352 g/mol. The molecule has 2 aromatic heterocycles. The van der Waals surface area contributed by atoms with Gasteiger partial charge in [0.15, 0.2) is 5.65 Å². The van der Waals surface area contributed by atoms with Crippen LogP contribution in [0.1, 0.15) is 35.9 Å². The molecule has 0 saturated heterocycles. The topological polar surface area (TPSA) is 85.6 Å². The van der Waals surface area contributed by atoms with Crippen molar-refractivity contribution in [3.8, 4) is 0 Å². The Morgan fingerprint density at radius 3 is 2.69 bits per heavy atom. The summed E-state index contributed by atoms with van der Waals surface area (Å²) >= 11 is 0. The number of hydrogen-bond acceptors (Lipinski definition) is 5. The number of benzene rings is 1. The highest BCUT2D eigenvalue weighted by atomic mass is 16.5. The summed E-state index contributed by atoms with van der Waals surface area (Å²) in [5, 5.41) is 11.1. The highest BCUT2D eigenvalue weighted by molar-refractivity contribution is 5.93. The lowest BCUT2D eigenvalue weighted by Gasteiger charge is -2.06. The maximum Gasteiger partial charge on any atom is 0.338 e. The highest BCUT2D eigenvalue weighted by Gasteiger charge is 2.09. The SMILES string of the molecule is CCOC(=O)c1ccc(NC(=O)CCCc2nnc3ccccn23)cc1. The van der Waals surface area contributed by atoms with Crippen molar-refractivity contribution in [2.75, 3.05) is 11.9 Å². The Balaban J connectivity index is 1.49. The molecule has 1 aromatic carbocycles. The van der Waals surface area contributed by atoms with Crippen LogP contribution in [-0.4, -0.2) is 33.1 Å². The van der Waals surface area contributed by atoms with Gasteiger partial charge in [-0.3, -0.25) is 9.20 Å². The summed E-state index contributed by atoms with van der Waals surface area (Å²) in [6.45, 7) is 2.09. The Bertz CT molecular complexity index is 903. The van der Waals surface area contributed by atoms with Gasteiger partial charge in [-0.2, -0.15) is 0 Å². The van der Waals surface area contributed by atoms with Crippen LogP contribution in [0.4, 0.5) is 5.69 Å². The van der Waals surface area contributed by atoms with Crippen molar-refractivity contribution in [1.29, 1.82) is 0 Å². The summed E-state index contributed by atoms with van der Waals surface area (Å²) in [6.07, 6.45) is 3.63. The minimum atomic E-state index is -0.370. The van der Waals surface area contributed by atoms with E-state index in [0.29, 0.717) is 37.1 Å². The molecule has 0 unspecified atom stereocenters. The Kier molecular flexibility index (Phi) is 5.58. The number of aromatic nitrogens is 3. The number of carbonyl (C=O) groups is 2. The summed E-state index contributed by atoms with van der Waals surface area (Å²) in [5.41, 5.74) is 1.91. The van der Waals surface area contributed by atoms with E-state index in [4.69, 9.17) is 4.74 Å². The van der Waals surface area contributed by atoms with Gasteiger partial charge in [0.1, 0.15) is 5.82 Å². The van der Waals surface area contributed by atoms with Gasteiger partial charge in [0.05, 0.1) is 12.2 Å². The van der Waals surface area contributed by atoms with Crippen LogP contribution < -0.4 is 5.32 Å². The zero-order valence-electron chi connectivity index (χ0n) is 14.5. The number of amides is 1. The minimum absolute atomic E-state index is 0.0808. The molecule has 0 saturated carbocycles. The molecular weight excluding hydrogens is 332 g/mol. The van der Waals surface area contributed by atoms with Crippen LogP contribution >= 0.6 is 0 Å². The third kappa shape index (κ3) is 4.24. The predicted molar refractivity (Wildman–Crippen MR) is 97.0 cm³/mol. The number of nitrogens with zero attached hydrogens (tertiary/aromatic N) is 3. The normalized spacial score (nSPS) is 10.7.